The van der Waals surface area contributed by atoms with Crippen LogP contribution in [0.1, 0.15) is 44.6 Å². The summed E-state index contributed by atoms with van der Waals surface area (Å²) in [4.78, 5) is 0. The smallest absolute Gasteiger partial charge is 0.0406 e. The van der Waals surface area contributed by atoms with Gasteiger partial charge in [0.25, 0.3) is 0 Å². The average molecular weight is 266 g/mol. The molecule has 1 fully saturated rings. The standard InChI is InChI=1S/C16H24ClN/c1-2-11-18-13-16(9-3-4-10-16)12-14-5-7-15(17)8-6-14/h5-8,18H,2-4,9-13H2,1H3. The maximum absolute atomic E-state index is 5.95. The molecule has 1 nitrogen and oxygen atoms in total. The summed E-state index contributed by atoms with van der Waals surface area (Å²) in [5, 5.41) is 4.46. The quantitative estimate of drug-likeness (QED) is 0.750. The highest BCUT2D eigenvalue weighted by Crippen LogP contribution is 2.40. The van der Waals surface area contributed by atoms with Crippen LogP contribution in [0, 0.1) is 5.41 Å². The third kappa shape index (κ3) is 3.73. The fraction of sp³-hybridized carbons (Fsp3) is 0.625. The van der Waals surface area contributed by atoms with Crippen molar-refractivity contribution in [3.05, 3.63) is 34.9 Å². The highest BCUT2D eigenvalue weighted by atomic mass is 35.5. The zero-order chi connectivity index (χ0) is 12.8. The summed E-state index contributed by atoms with van der Waals surface area (Å²) < 4.78 is 0. The molecule has 1 aliphatic carbocycles. The van der Waals surface area contributed by atoms with Gasteiger partial charge in [-0.1, -0.05) is 43.5 Å². The first-order chi connectivity index (χ1) is 8.74. The Hall–Kier alpha value is -0.530. The second-order valence-electron chi connectivity index (χ2n) is 5.69. The lowest BCUT2D eigenvalue weighted by atomic mass is 9.80. The van der Waals surface area contributed by atoms with Crippen LogP contribution in [0.5, 0.6) is 0 Å². The first kappa shape index (κ1) is 13.9. The van der Waals surface area contributed by atoms with E-state index in [1.54, 1.807) is 0 Å². The lowest BCUT2D eigenvalue weighted by Gasteiger charge is -2.29. The Morgan fingerprint density at radius 1 is 1.17 bits per heavy atom. The minimum Gasteiger partial charge on any atom is -0.316 e. The number of hydrogen-bond donors (Lipinski definition) is 1. The topological polar surface area (TPSA) is 12.0 Å². The summed E-state index contributed by atoms with van der Waals surface area (Å²) in [6, 6.07) is 8.39. The van der Waals surface area contributed by atoms with E-state index in [1.165, 1.54) is 50.6 Å². The van der Waals surface area contributed by atoms with E-state index < -0.39 is 0 Å². The maximum atomic E-state index is 5.95. The van der Waals surface area contributed by atoms with Gasteiger partial charge in [-0.2, -0.15) is 0 Å². The van der Waals surface area contributed by atoms with Crippen molar-refractivity contribution in [2.75, 3.05) is 13.1 Å². The van der Waals surface area contributed by atoms with Gasteiger partial charge in [-0.15, -0.1) is 0 Å². The molecule has 1 N–H and O–H groups in total. The lowest BCUT2D eigenvalue weighted by Crippen LogP contribution is -2.34. The minimum atomic E-state index is 0.489. The van der Waals surface area contributed by atoms with Gasteiger partial charge in [0.05, 0.1) is 0 Å². The number of halogens is 1. The van der Waals surface area contributed by atoms with E-state index in [0.29, 0.717) is 5.41 Å². The van der Waals surface area contributed by atoms with Crippen LogP contribution >= 0.6 is 11.6 Å². The Morgan fingerprint density at radius 3 is 2.44 bits per heavy atom. The summed E-state index contributed by atoms with van der Waals surface area (Å²) in [5.74, 6) is 0. The number of rotatable bonds is 6. The molecule has 0 amide bonds. The van der Waals surface area contributed by atoms with Crippen molar-refractivity contribution >= 4 is 11.6 Å². The molecule has 0 heterocycles. The largest absolute Gasteiger partial charge is 0.316 e. The van der Waals surface area contributed by atoms with Crippen molar-refractivity contribution < 1.29 is 0 Å². The highest BCUT2D eigenvalue weighted by Gasteiger charge is 2.33. The molecule has 2 rings (SSSR count). The molecule has 0 bridgehead atoms. The molecule has 2 heteroatoms. The molecular weight excluding hydrogens is 242 g/mol. The second-order valence-corrected chi connectivity index (χ2v) is 6.12. The van der Waals surface area contributed by atoms with Gasteiger partial charge in [-0.3, -0.25) is 0 Å². The van der Waals surface area contributed by atoms with Crippen molar-refractivity contribution in [3.8, 4) is 0 Å². The summed E-state index contributed by atoms with van der Waals surface area (Å²) in [7, 11) is 0. The van der Waals surface area contributed by atoms with Crippen LogP contribution in [0.3, 0.4) is 0 Å². The van der Waals surface area contributed by atoms with E-state index in [-0.39, 0.29) is 0 Å². The summed E-state index contributed by atoms with van der Waals surface area (Å²) in [6.07, 6.45) is 7.93. The molecule has 18 heavy (non-hydrogen) atoms. The molecule has 100 valence electrons. The molecule has 0 spiro atoms. The van der Waals surface area contributed by atoms with Crippen molar-refractivity contribution in [2.24, 2.45) is 5.41 Å². The van der Waals surface area contributed by atoms with Crippen LogP contribution in [-0.2, 0) is 6.42 Å². The van der Waals surface area contributed by atoms with Crippen molar-refractivity contribution in [2.45, 2.75) is 45.4 Å². The van der Waals surface area contributed by atoms with Gasteiger partial charge in [-0.25, -0.2) is 0 Å². The Bertz CT molecular complexity index is 352. The summed E-state index contributed by atoms with van der Waals surface area (Å²) >= 11 is 5.95. The minimum absolute atomic E-state index is 0.489. The summed E-state index contributed by atoms with van der Waals surface area (Å²) in [6.45, 7) is 4.54. The van der Waals surface area contributed by atoms with Gasteiger partial charge < -0.3 is 5.32 Å². The molecule has 0 unspecified atom stereocenters. The monoisotopic (exact) mass is 265 g/mol. The zero-order valence-corrected chi connectivity index (χ0v) is 12.1. The van der Waals surface area contributed by atoms with Gasteiger partial charge in [0.15, 0.2) is 0 Å². The Kier molecular flexibility index (Phi) is 5.08. The van der Waals surface area contributed by atoms with Gasteiger partial charge in [0.1, 0.15) is 0 Å². The van der Waals surface area contributed by atoms with Crippen LogP contribution in [0.15, 0.2) is 24.3 Å². The highest BCUT2D eigenvalue weighted by molar-refractivity contribution is 6.30. The van der Waals surface area contributed by atoms with E-state index in [0.717, 1.165) is 11.6 Å². The predicted molar refractivity (Wildman–Crippen MR) is 79.2 cm³/mol. The predicted octanol–water partition coefficient (Wildman–Crippen LogP) is 4.44. The molecule has 1 aromatic carbocycles. The van der Waals surface area contributed by atoms with Crippen molar-refractivity contribution in [3.63, 3.8) is 0 Å². The maximum Gasteiger partial charge on any atom is 0.0406 e. The lowest BCUT2D eigenvalue weighted by molar-refractivity contribution is 0.278. The molecule has 0 atom stereocenters. The number of benzene rings is 1. The van der Waals surface area contributed by atoms with E-state index in [2.05, 4.69) is 24.4 Å². The van der Waals surface area contributed by atoms with E-state index in [4.69, 9.17) is 11.6 Å². The molecule has 0 aliphatic heterocycles. The van der Waals surface area contributed by atoms with Gasteiger partial charge >= 0.3 is 0 Å². The van der Waals surface area contributed by atoms with Gasteiger partial charge in [0, 0.05) is 11.6 Å². The van der Waals surface area contributed by atoms with Crippen molar-refractivity contribution in [1.82, 2.24) is 5.32 Å². The SMILES string of the molecule is CCCNCC1(Cc2ccc(Cl)cc2)CCCC1. The third-order valence-corrected chi connectivity index (χ3v) is 4.34. The first-order valence-corrected chi connectivity index (χ1v) is 7.57. The van der Waals surface area contributed by atoms with Crippen LogP contribution < -0.4 is 5.32 Å². The molecule has 1 saturated carbocycles. The fourth-order valence-electron chi connectivity index (χ4n) is 3.11. The summed E-state index contributed by atoms with van der Waals surface area (Å²) in [5.41, 5.74) is 1.92. The molecule has 0 saturated heterocycles. The Balaban J connectivity index is 1.99. The number of nitrogens with one attached hydrogen (secondary N) is 1. The fourth-order valence-corrected chi connectivity index (χ4v) is 3.23. The second kappa shape index (κ2) is 6.58. The Labute approximate surface area is 116 Å². The van der Waals surface area contributed by atoms with Gasteiger partial charge in [0.2, 0.25) is 0 Å². The van der Waals surface area contributed by atoms with Crippen LogP contribution in [-0.4, -0.2) is 13.1 Å². The van der Waals surface area contributed by atoms with Crippen LogP contribution in [0.25, 0.3) is 0 Å². The zero-order valence-electron chi connectivity index (χ0n) is 11.3. The first-order valence-electron chi connectivity index (χ1n) is 7.19. The molecule has 1 aromatic rings. The van der Waals surface area contributed by atoms with Crippen LogP contribution in [0.4, 0.5) is 0 Å². The molecular formula is C16H24ClN. The average Bonchev–Trinajstić information content (AvgIpc) is 2.82. The van der Waals surface area contributed by atoms with Crippen LogP contribution in [0.2, 0.25) is 5.02 Å². The van der Waals surface area contributed by atoms with Crippen molar-refractivity contribution in [1.29, 1.82) is 0 Å². The Morgan fingerprint density at radius 2 is 1.83 bits per heavy atom. The normalized spacial score (nSPS) is 18.1. The van der Waals surface area contributed by atoms with Gasteiger partial charge in [-0.05, 0) is 55.3 Å². The van der Waals surface area contributed by atoms with E-state index in [9.17, 15) is 0 Å². The van der Waals surface area contributed by atoms with E-state index in [1.807, 2.05) is 12.1 Å². The molecule has 0 aromatic heterocycles. The number of hydrogen-bond acceptors (Lipinski definition) is 1. The third-order valence-electron chi connectivity index (χ3n) is 4.08. The van der Waals surface area contributed by atoms with E-state index >= 15 is 0 Å². The molecule has 0 radical (unpaired) electrons. The molecule has 1 aliphatic rings.